The zero-order valence-corrected chi connectivity index (χ0v) is 11.8. The maximum atomic E-state index is 4.48. The molecule has 0 aliphatic heterocycles. The Bertz CT molecular complexity index is 613. The number of nitrogens with one attached hydrogen (secondary N) is 1. The van der Waals surface area contributed by atoms with Gasteiger partial charge in [-0.1, -0.05) is 12.1 Å². The summed E-state index contributed by atoms with van der Waals surface area (Å²) in [5.41, 5.74) is 7.42. The molecular weight excluding hydrogens is 232 g/mol. The molecule has 0 bridgehead atoms. The zero-order valence-electron chi connectivity index (χ0n) is 11.8. The Kier molecular flexibility index (Phi) is 3.02. The van der Waals surface area contributed by atoms with Crippen molar-refractivity contribution >= 4 is 5.69 Å². The fourth-order valence-electron chi connectivity index (χ4n) is 2.34. The summed E-state index contributed by atoms with van der Waals surface area (Å²) in [5.74, 6) is 0. The molecule has 98 valence electrons. The number of nitrogens with zero attached hydrogens (tertiary/aromatic N) is 1. The Balaban J connectivity index is 2.01. The van der Waals surface area contributed by atoms with Crippen LogP contribution in [0.3, 0.4) is 0 Å². The Labute approximate surface area is 114 Å². The summed E-state index contributed by atoms with van der Waals surface area (Å²) >= 11 is 0. The topological polar surface area (TPSA) is 24.9 Å². The molecular formula is C17H20N2. The van der Waals surface area contributed by atoms with E-state index in [1.165, 1.54) is 40.8 Å². The molecule has 3 rings (SSSR count). The van der Waals surface area contributed by atoms with Crippen LogP contribution >= 0.6 is 0 Å². The molecule has 19 heavy (non-hydrogen) atoms. The molecule has 0 amide bonds. The van der Waals surface area contributed by atoms with E-state index in [0.717, 1.165) is 5.69 Å². The first-order chi connectivity index (χ1) is 9.15. The molecule has 0 unspecified atom stereocenters. The molecule has 1 N–H and O–H groups in total. The van der Waals surface area contributed by atoms with Crippen LogP contribution < -0.4 is 5.32 Å². The molecule has 1 aliphatic carbocycles. The Morgan fingerprint density at radius 1 is 1.16 bits per heavy atom. The summed E-state index contributed by atoms with van der Waals surface area (Å²) in [7, 11) is 0. The molecule has 0 saturated heterocycles. The van der Waals surface area contributed by atoms with Crippen LogP contribution in [0.25, 0.3) is 11.1 Å². The van der Waals surface area contributed by atoms with Crippen LogP contribution in [0, 0.1) is 20.8 Å². The third kappa shape index (κ3) is 2.48. The second-order valence-electron chi connectivity index (χ2n) is 5.52. The van der Waals surface area contributed by atoms with E-state index in [1.54, 1.807) is 0 Å². The van der Waals surface area contributed by atoms with Gasteiger partial charge in [-0.05, 0) is 62.4 Å². The van der Waals surface area contributed by atoms with Gasteiger partial charge in [-0.3, -0.25) is 4.98 Å². The second kappa shape index (κ2) is 4.69. The smallest absolute Gasteiger partial charge is 0.0402 e. The Hall–Kier alpha value is -1.83. The normalized spacial score (nSPS) is 14.5. The predicted octanol–water partition coefficient (Wildman–Crippen LogP) is 4.25. The van der Waals surface area contributed by atoms with E-state index < -0.39 is 0 Å². The van der Waals surface area contributed by atoms with Crippen LogP contribution in [0.15, 0.2) is 30.5 Å². The quantitative estimate of drug-likeness (QED) is 0.883. The maximum Gasteiger partial charge on any atom is 0.0402 e. The van der Waals surface area contributed by atoms with Gasteiger partial charge in [-0.2, -0.15) is 0 Å². The lowest BCUT2D eigenvalue weighted by atomic mass is 9.99. The van der Waals surface area contributed by atoms with Crippen LogP contribution in [0.2, 0.25) is 0 Å². The third-order valence-electron chi connectivity index (χ3n) is 3.92. The van der Waals surface area contributed by atoms with Crippen LogP contribution in [0.5, 0.6) is 0 Å². The van der Waals surface area contributed by atoms with Gasteiger partial charge in [0.25, 0.3) is 0 Å². The van der Waals surface area contributed by atoms with Gasteiger partial charge in [0, 0.05) is 29.2 Å². The van der Waals surface area contributed by atoms with Crippen molar-refractivity contribution in [2.75, 3.05) is 5.32 Å². The summed E-state index contributed by atoms with van der Waals surface area (Å²) in [6, 6.07) is 9.39. The van der Waals surface area contributed by atoms with E-state index in [9.17, 15) is 0 Å². The van der Waals surface area contributed by atoms with Crippen LogP contribution in [-0.2, 0) is 0 Å². The van der Waals surface area contributed by atoms with Crippen molar-refractivity contribution in [3.63, 3.8) is 0 Å². The minimum atomic E-state index is 0.687. The highest BCUT2D eigenvalue weighted by molar-refractivity contribution is 5.73. The van der Waals surface area contributed by atoms with Gasteiger partial charge >= 0.3 is 0 Å². The first kappa shape index (κ1) is 12.2. The van der Waals surface area contributed by atoms with Crippen molar-refractivity contribution in [1.29, 1.82) is 0 Å². The van der Waals surface area contributed by atoms with Gasteiger partial charge in [0.1, 0.15) is 0 Å². The van der Waals surface area contributed by atoms with Crippen LogP contribution in [0.4, 0.5) is 5.69 Å². The van der Waals surface area contributed by atoms with Crippen molar-refractivity contribution in [1.82, 2.24) is 4.98 Å². The van der Waals surface area contributed by atoms with E-state index in [2.05, 4.69) is 55.3 Å². The van der Waals surface area contributed by atoms with Crippen molar-refractivity contribution in [3.05, 3.63) is 47.3 Å². The van der Waals surface area contributed by atoms with E-state index in [-0.39, 0.29) is 0 Å². The Morgan fingerprint density at radius 2 is 1.95 bits per heavy atom. The number of hydrogen-bond donors (Lipinski definition) is 1. The van der Waals surface area contributed by atoms with E-state index in [4.69, 9.17) is 0 Å². The highest BCUT2D eigenvalue weighted by atomic mass is 15.0. The zero-order chi connectivity index (χ0) is 13.4. The van der Waals surface area contributed by atoms with Gasteiger partial charge in [0.05, 0.1) is 0 Å². The van der Waals surface area contributed by atoms with Crippen molar-refractivity contribution in [2.24, 2.45) is 0 Å². The maximum absolute atomic E-state index is 4.48. The molecule has 2 heteroatoms. The lowest BCUT2D eigenvalue weighted by Crippen LogP contribution is -2.03. The van der Waals surface area contributed by atoms with Gasteiger partial charge in [-0.25, -0.2) is 0 Å². The molecule has 1 heterocycles. The van der Waals surface area contributed by atoms with Crippen molar-refractivity contribution in [2.45, 2.75) is 39.7 Å². The molecule has 1 aliphatic rings. The van der Waals surface area contributed by atoms with Gasteiger partial charge in [-0.15, -0.1) is 0 Å². The lowest BCUT2D eigenvalue weighted by Gasteiger charge is -2.13. The molecule has 0 spiro atoms. The van der Waals surface area contributed by atoms with Crippen molar-refractivity contribution < 1.29 is 0 Å². The minimum Gasteiger partial charge on any atom is -0.382 e. The molecule has 1 aromatic carbocycles. The monoisotopic (exact) mass is 252 g/mol. The molecule has 1 aromatic heterocycles. The summed E-state index contributed by atoms with van der Waals surface area (Å²) < 4.78 is 0. The standard InChI is InChI=1S/C17H20N2/c1-11-9-14(10-18-13(11)3)16-5-4-6-17(12(16)2)19-15-7-8-15/h4-6,9-10,15,19H,7-8H2,1-3H3. The predicted molar refractivity (Wildman–Crippen MR) is 80.5 cm³/mol. The number of pyridine rings is 1. The second-order valence-corrected chi connectivity index (χ2v) is 5.52. The third-order valence-corrected chi connectivity index (χ3v) is 3.92. The SMILES string of the molecule is Cc1cc(-c2cccc(NC3CC3)c2C)cnc1C. The van der Waals surface area contributed by atoms with Crippen molar-refractivity contribution in [3.8, 4) is 11.1 Å². The molecule has 2 aromatic rings. The van der Waals surface area contributed by atoms with Gasteiger partial charge in [0.2, 0.25) is 0 Å². The molecule has 0 atom stereocenters. The summed E-state index contributed by atoms with van der Waals surface area (Å²) in [4.78, 5) is 4.48. The highest BCUT2D eigenvalue weighted by Crippen LogP contribution is 2.32. The summed E-state index contributed by atoms with van der Waals surface area (Å²) in [6.45, 7) is 6.36. The fourth-order valence-corrected chi connectivity index (χ4v) is 2.34. The van der Waals surface area contributed by atoms with E-state index in [0.29, 0.717) is 6.04 Å². The van der Waals surface area contributed by atoms with Crippen LogP contribution in [-0.4, -0.2) is 11.0 Å². The molecule has 0 radical (unpaired) electrons. The number of aryl methyl sites for hydroxylation is 2. The summed E-state index contributed by atoms with van der Waals surface area (Å²) in [6.07, 6.45) is 4.58. The average Bonchev–Trinajstić information content (AvgIpc) is 3.20. The fraction of sp³-hybridized carbons (Fsp3) is 0.353. The molecule has 1 fully saturated rings. The van der Waals surface area contributed by atoms with E-state index in [1.807, 2.05) is 6.20 Å². The van der Waals surface area contributed by atoms with Gasteiger partial charge < -0.3 is 5.32 Å². The first-order valence-corrected chi connectivity index (χ1v) is 6.95. The average molecular weight is 252 g/mol. The lowest BCUT2D eigenvalue weighted by molar-refractivity contribution is 1.14. The number of aromatic nitrogens is 1. The number of benzene rings is 1. The molecule has 1 saturated carbocycles. The van der Waals surface area contributed by atoms with Gasteiger partial charge in [0.15, 0.2) is 0 Å². The van der Waals surface area contributed by atoms with Crippen LogP contribution in [0.1, 0.15) is 29.7 Å². The van der Waals surface area contributed by atoms with E-state index >= 15 is 0 Å². The number of hydrogen-bond acceptors (Lipinski definition) is 2. The largest absolute Gasteiger partial charge is 0.382 e. The molecule has 2 nitrogen and oxygen atoms in total. The summed E-state index contributed by atoms with van der Waals surface area (Å²) in [5, 5.41) is 3.60. The minimum absolute atomic E-state index is 0.687. The Morgan fingerprint density at radius 3 is 2.63 bits per heavy atom. The first-order valence-electron chi connectivity index (χ1n) is 6.95. The number of anilines is 1. The number of rotatable bonds is 3. The highest BCUT2D eigenvalue weighted by Gasteiger charge is 2.21.